The van der Waals surface area contributed by atoms with Gasteiger partial charge >= 0.3 is 0 Å². The first-order chi connectivity index (χ1) is 5.84. The summed E-state index contributed by atoms with van der Waals surface area (Å²) in [4.78, 5) is 0. The predicted octanol–water partition coefficient (Wildman–Crippen LogP) is 1.67. The number of hydrogen-bond acceptors (Lipinski definition) is 3. The average Bonchev–Trinajstić information content (AvgIpc) is 2.15. The molecule has 0 aliphatic rings. The Morgan fingerprint density at radius 3 is 3.00 bits per heavy atom. The van der Waals surface area contributed by atoms with Gasteiger partial charge in [0.05, 0.1) is 5.69 Å². The summed E-state index contributed by atoms with van der Waals surface area (Å²) >= 11 is 0. The van der Waals surface area contributed by atoms with Gasteiger partial charge in [0.2, 0.25) is 0 Å². The Balaban J connectivity index is 2.48. The Hall–Kier alpha value is -0.960. The van der Waals surface area contributed by atoms with Crippen molar-refractivity contribution in [1.82, 2.24) is 10.2 Å². The van der Waals surface area contributed by atoms with Gasteiger partial charge in [0.15, 0.2) is 0 Å². The molecule has 1 atom stereocenters. The third kappa shape index (κ3) is 2.58. The maximum absolute atomic E-state index is 5.88. The Morgan fingerprint density at radius 2 is 2.42 bits per heavy atom. The third-order valence-corrected chi connectivity index (χ3v) is 1.84. The van der Waals surface area contributed by atoms with Crippen LogP contribution >= 0.6 is 0 Å². The summed E-state index contributed by atoms with van der Waals surface area (Å²) in [5.41, 5.74) is 6.77. The number of hydrogen-bond donors (Lipinski definition) is 1. The normalized spacial score (nSPS) is 12.8. The summed E-state index contributed by atoms with van der Waals surface area (Å²) in [7, 11) is 0. The van der Waals surface area contributed by atoms with E-state index in [2.05, 4.69) is 17.1 Å². The average molecular weight is 165 g/mol. The van der Waals surface area contributed by atoms with E-state index in [9.17, 15) is 0 Å². The van der Waals surface area contributed by atoms with Gasteiger partial charge in [-0.1, -0.05) is 19.8 Å². The van der Waals surface area contributed by atoms with E-state index < -0.39 is 0 Å². The minimum atomic E-state index is 0.0543. The van der Waals surface area contributed by atoms with Crippen LogP contribution in [0, 0.1) is 0 Å². The first-order valence-corrected chi connectivity index (χ1v) is 4.37. The van der Waals surface area contributed by atoms with Crippen LogP contribution in [0.1, 0.15) is 37.9 Å². The summed E-state index contributed by atoms with van der Waals surface area (Å²) in [6.07, 6.45) is 4.98. The highest BCUT2D eigenvalue weighted by Crippen LogP contribution is 2.12. The fourth-order valence-corrected chi connectivity index (χ4v) is 1.08. The molecule has 1 rings (SSSR count). The van der Waals surface area contributed by atoms with Crippen LogP contribution in [0.5, 0.6) is 0 Å². The highest BCUT2D eigenvalue weighted by Gasteiger charge is 2.05. The van der Waals surface area contributed by atoms with E-state index in [-0.39, 0.29) is 6.04 Å². The second kappa shape index (κ2) is 4.83. The molecule has 2 N–H and O–H groups in total. The van der Waals surface area contributed by atoms with Crippen molar-refractivity contribution in [2.24, 2.45) is 5.73 Å². The largest absolute Gasteiger partial charge is 0.323 e. The molecule has 0 spiro atoms. The topological polar surface area (TPSA) is 51.8 Å². The third-order valence-electron chi connectivity index (χ3n) is 1.84. The van der Waals surface area contributed by atoms with Crippen molar-refractivity contribution in [2.75, 3.05) is 0 Å². The minimum Gasteiger partial charge on any atom is -0.323 e. The van der Waals surface area contributed by atoms with Crippen molar-refractivity contribution in [1.29, 1.82) is 0 Å². The Labute approximate surface area is 73.0 Å². The van der Waals surface area contributed by atoms with Crippen LogP contribution in [0.15, 0.2) is 18.3 Å². The van der Waals surface area contributed by atoms with E-state index >= 15 is 0 Å². The molecule has 0 saturated heterocycles. The number of rotatable bonds is 4. The highest BCUT2D eigenvalue weighted by atomic mass is 15.1. The van der Waals surface area contributed by atoms with Gasteiger partial charge in [-0.25, -0.2) is 0 Å². The molecule has 3 heteroatoms. The molecular weight excluding hydrogens is 150 g/mol. The highest BCUT2D eigenvalue weighted by molar-refractivity contribution is 5.03. The van der Waals surface area contributed by atoms with Crippen LogP contribution in [0.2, 0.25) is 0 Å². The van der Waals surface area contributed by atoms with Crippen LogP contribution in [0.3, 0.4) is 0 Å². The van der Waals surface area contributed by atoms with E-state index in [4.69, 9.17) is 5.73 Å². The second-order valence-electron chi connectivity index (χ2n) is 2.90. The van der Waals surface area contributed by atoms with Crippen LogP contribution in [0.25, 0.3) is 0 Å². The standard InChI is InChI=1S/C9H15N3/c1-2-3-5-8(10)9-6-4-7-11-12-9/h4,6-8H,2-3,5,10H2,1H3. The zero-order chi connectivity index (χ0) is 8.81. The van der Waals surface area contributed by atoms with Gasteiger partial charge in [-0.05, 0) is 18.6 Å². The van der Waals surface area contributed by atoms with Crippen molar-refractivity contribution in [3.63, 3.8) is 0 Å². The van der Waals surface area contributed by atoms with Crippen LogP contribution < -0.4 is 5.73 Å². The summed E-state index contributed by atoms with van der Waals surface area (Å²) in [5.74, 6) is 0. The van der Waals surface area contributed by atoms with Gasteiger partial charge in [0, 0.05) is 12.2 Å². The van der Waals surface area contributed by atoms with E-state index in [1.54, 1.807) is 6.20 Å². The molecule has 0 fully saturated rings. The maximum atomic E-state index is 5.88. The molecule has 1 aromatic rings. The Morgan fingerprint density at radius 1 is 1.58 bits per heavy atom. The molecular formula is C9H15N3. The lowest BCUT2D eigenvalue weighted by Gasteiger charge is -2.08. The summed E-state index contributed by atoms with van der Waals surface area (Å²) < 4.78 is 0. The maximum Gasteiger partial charge on any atom is 0.0798 e. The Bertz CT molecular complexity index is 210. The molecule has 0 radical (unpaired) electrons. The van der Waals surface area contributed by atoms with Gasteiger partial charge in [0.1, 0.15) is 0 Å². The molecule has 12 heavy (non-hydrogen) atoms. The molecule has 0 saturated carbocycles. The van der Waals surface area contributed by atoms with Crippen molar-refractivity contribution in [2.45, 2.75) is 32.2 Å². The lowest BCUT2D eigenvalue weighted by Crippen LogP contribution is -2.12. The molecule has 1 heterocycles. The number of nitrogens with zero attached hydrogens (tertiary/aromatic N) is 2. The predicted molar refractivity (Wildman–Crippen MR) is 48.5 cm³/mol. The van der Waals surface area contributed by atoms with Gasteiger partial charge in [-0.3, -0.25) is 0 Å². The fourth-order valence-electron chi connectivity index (χ4n) is 1.08. The lowest BCUT2D eigenvalue weighted by molar-refractivity contribution is 0.583. The van der Waals surface area contributed by atoms with Crippen LogP contribution in [-0.4, -0.2) is 10.2 Å². The van der Waals surface area contributed by atoms with Crippen molar-refractivity contribution in [3.8, 4) is 0 Å². The molecule has 1 unspecified atom stereocenters. The number of aromatic nitrogens is 2. The van der Waals surface area contributed by atoms with Gasteiger partial charge in [0.25, 0.3) is 0 Å². The zero-order valence-electron chi connectivity index (χ0n) is 7.40. The summed E-state index contributed by atoms with van der Waals surface area (Å²) in [5, 5.41) is 7.74. The van der Waals surface area contributed by atoms with Crippen molar-refractivity contribution < 1.29 is 0 Å². The fraction of sp³-hybridized carbons (Fsp3) is 0.556. The molecule has 0 aromatic carbocycles. The quantitative estimate of drug-likeness (QED) is 0.738. The molecule has 3 nitrogen and oxygen atoms in total. The van der Waals surface area contributed by atoms with Crippen molar-refractivity contribution >= 4 is 0 Å². The number of unbranched alkanes of at least 4 members (excludes halogenated alkanes) is 1. The zero-order valence-corrected chi connectivity index (χ0v) is 7.40. The first kappa shape index (κ1) is 9.13. The van der Waals surface area contributed by atoms with Gasteiger partial charge < -0.3 is 5.73 Å². The van der Waals surface area contributed by atoms with Gasteiger partial charge in [-0.15, -0.1) is 0 Å². The summed E-state index contributed by atoms with van der Waals surface area (Å²) in [6.45, 7) is 2.16. The summed E-state index contributed by atoms with van der Waals surface area (Å²) in [6, 6.07) is 3.85. The second-order valence-corrected chi connectivity index (χ2v) is 2.90. The van der Waals surface area contributed by atoms with E-state index in [0.29, 0.717) is 0 Å². The molecule has 1 aromatic heterocycles. The first-order valence-electron chi connectivity index (χ1n) is 4.37. The number of nitrogens with two attached hydrogens (primary N) is 1. The lowest BCUT2D eigenvalue weighted by atomic mass is 10.1. The minimum absolute atomic E-state index is 0.0543. The van der Waals surface area contributed by atoms with Gasteiger partial charge in [-0.2, -0.15) is 10.2 Å². The van der Waals surface area contributed by atoms with E-state index in [1.165, 1.54) is 6.42 Å². The monoisotopic (exact) mass is 165 g/mol. The smallest absolute Gasteiger partial charge is 0.0798 e. The van der Waals surface area contributed by atoms with Crippen LogP contribution in [-0.2, 0) is 0 Å². The van der Waals surface area contributed by atoms with E-state index in [0.717, 1.165) is 18.5 Å². The van der Waals surface area contributed by atoms with E-state index in [1.807, 2.05) is 12.1 Å². The molecule has 0 bridgehead atoms. The molecule has 0 amide bonds. The van der Waals surface area contributed by atoms with Crippen molar-refractivity contribution in [3.05, 3.63) is 24.0 Å². The SMILES string of the molecule is CCCCC(N)c1cccnn1. The molecule has 0 aliphatic carbocycles. The molecule has 66 valence electrons. The molecule has 0 aliphatic heterocycles. The Kier molecular flexibility index (Phi) is 3.67. The van der Waals surface area contributed by atoms with Crippen LogP contribution in [0.4, 0.5) is 0 Å².